The van der Waals surface area contributed by atoms with Crippen molar-refractivity contribution >= 4 is 29.5 Å². The van der Waals surface area contributed by atoms with E-state index in [-0.39, 0.29) is 31.1 Å². The molecule has 0 radical (unpaired) electrons. The van der Waals surface area contributed by atoms with Crippen molar-refractivity contribution in [1.29, 1.82) is 0 Å². The Bertz CT molecular complexity index is 1140. The number of benzene rings is 2. The number of ether oxygens (including phenoxy) is 1. The van der Waals surface area contributed by atoms with Crippen LogP contribution < -0.4 is 15.8 Å². The summed E-state index contributed by atoms with van der Waals surface area (Å²) in [4.78, 5) is 51.5. The maximum atomic E-state index is 13.3. The van der Waals surface area contributed by atoms with Crippen molar-refractivity contribution in [3.05, 3.63) is 65.7 Å². The summed E-state index contributed by atoms with van der Waals surface area (Å²) in [5.74, 6) is -3.84. The van der Waals surface area contributed by atoms with Gasteiger partial charge in [-0.3, -0.25) is 25.2 Å². The summed E-state index contributed by atoms with van der Waals surface area (Å²) in [7, 11) is 0. The number of anilines is 1. The highest BCUT2D eigenvalue weighted by molar-refractivity contribution is 5.97. The van der Waals surface area contributed by atoms with Gasteiger partial charge in [0.25, 0.3) is 5.91 Å². The number of halogens is 3. The molecule has 1 aliphatic rings. The topological polar surface area (TPSA) is 108 Å². The molecule has 0 spiro atoms. The number of nitrogens with zero attached hydrogens (tertiary/aromatic N) is 2. The van der Waals surface area contributed by atoms with Crippen LogP contribution in [-0.2, 0) is 20.9 Å². The van der Waals surface area contributed by atoms with Crippen LogP contribution in [0.2, 0.25) is 0 Å². The summed E-state index contributed by atoms with van der Waals surface area (Å²) < 4.78 is 42.2. The summed E-state index contributed by atoms with van der Waals surface area (Å²) in [5.41, 5.74) is 3.66. The second kappa shape index (κ2) is 10.9. The molecule has 0 aliphatic carbocycles. The summed E-state index contributed by atoms with van der Waals surface area (Å²) in [6.45, 7) is 5.88. The van der Waals surface area contributed by atoms with Gasteiger partial charge in [0.2, 0.25) is 5.91 Å². The van der Waals surface area contributed by atoms with E-state index in [0.29, 0.717) is 11.3 Å². The Labute approximate surface area is 211 Å². The Morgan fingerprint density at radius 1 is 0.946 bits per heavy atom. The van der Waals surface area contributed by atoms with Crippen LogP contribution in [0.3, 0.4) is 0 Å². The predicted octanol–water partition coefficient (Wildman–Crippen LogP) is 3.41. The molecule has 1 heterocycles. The van der Waals surface area contributed by atoms with Crippen LogP contribution in [0.5, 0.6) is 0 Å². The maximum Gasteiger partial charge on any atom is 0.472 e. The van der Waals surface area contributed by atoms with Gasteiger partial charge in [0.15, 0.2) is 0 Å². The van der Waals surface area contributed by atoms with E-state index >= 15 is 0 Å². The Hall–Kier alpha value is -4.09. The minimum Gasteiger partial charge on any atom is -0.444 e. The molecule has 2 aromatic carbocycles. The molecule has 9 nitrogen and oxygen atoms in total. The molecule has 2 N–H and O–H groups in total. The molecule has 1 saturated heterocycles. The van der Waals surface area contributed by atoms with E-state index in [0.717, 1.165) is 0 Å². The van der Waals surface area contributed by atoms with Gasteiger partial charge in [-0.15, -0.1) is 0 Å². The first-order chi connectivity index (χ1) is 17.2. The van der Waals surface area contributed by atoms with Crippen molar-refractivity contribution in [2.75, 3.05) is 18.0 Å². The molecule has 0 atom stereocenters. The second-order valence-electron chi connectivity index (χ2n) is 9.45. The first kappa shape index (κ1) is 27.5. The molecule has 198 valence electrons. The zero-order chi connectivity index (χ0) is 27.4. The van der Waals surface area contributed by atoms with Gasteiger partial charge in [0, 0.05) is 24.3 Å². The average Bonchev–Trinajstić information content (AvgIpc) is 2.78. The third-order valence-electron chi connectivity index (χ3n) is 5.32. The predicted molar refractivity (Wildman–Crippen MR) is 127 cm³/mol. The fourth-order valence-electron chi connectivity index (χ4n) is 3.44. The molecule has 0 unspecified atom stereocenters. The standard InChI is InChI=1S/C25H27F3N4O5/c1-24(2,3)37-23(36)31-14-18(15-31)21(34)32(19-7-5-4-6-8-19)13-16-9-11-17(12-10-16)20(33)29-30-22(35)25(26,27)28/h4-12,18H,13-15H2,1-3H3,(H,29,33)(H,30,35). The minimum atomic E-state index is -5.13. The molecule has 2 aromatic rings. The van der Waals surface area contributed by atoms with Crippen LogP contribution in [0.4, 0.5) is 23.7 Å². The van der Waals surface area contributed by atoms with Crippen molar-refractivity contribution in [3.8, 4) is 0 Å². The summed E-state index contributed by atoms with van der Waals surface area (Å²) >= 11 is 0. The fraction of sp³-hybridized carbons (Fsp3) is 0.360. The van der Waals surface area contributed by atoms with Crippen LogP contribution in [0, 0.1) is 5.92 Å². The zero-order valence-electron chi connectivity index (χ0n) is 20.5. The lowest BCUT2D eigenvalue weighted by molar-refractivity contribution is -0.174. The molecular formula is C25H27F3N4O5. The van der Waals surface area contributed by atoms with E-state index in [1.165, 1.54) is 22.5 Å². The number of nitrogens with one attached hydrogen (secondary N) is 2. The molecule has 0 saturated carbocycles. The molecule has 0 aromatic heterocycles. The van der Waals surface area contributed by atoms with E-state index in [4.69, 9.17) is 4.74 Å². The highest BCUT2D eigenvalue weighted by atomic mass is 19.4. The molecule has 3 rings (SSSR count). The van der Waals surface area contributed by atoms with Crippen molar-refractivity contribution in [1.82, 2.24) is 15.8 Å². The molecule has 0 bridgehead atoms. The third kappa shape index (κ3) is 7.45. The quantitative estimate of drug-likeness (QED) is 0.588. The van der Waals surface area contributed by atoms with E-state index in [1.54, 1.807) is 67.5 Å². The number of carbonyl (C=O) groups is 4. The lowest BCUT2D eigenvalue weighted by atomic mass is 9.98. The second-order valence-corrected chi connectivity index (χ2v) is 9.45. The Morgan fingerprint density at radius 3 is 2.08 bits per heavy atom. The van der Waals surface area contributed by atoms with E-state index < -0.39 is 35.6 Å². The Kier molecular flexibility index (Phi) is 8.09. The van der Waals surface area contributed by atoms with E-state index in [1.807, 2.05) is 6.07 Å². The van der Waals surface area contributed by atoms with Crippen molar-refractivity contribution in [3.63, 3.8) is 0 Å². The number of hydrogen-bond acceptors (Lipinski definition) is 5. The molecule has 12 heteroatoms. The zero-order valence-corrected chi connectivity index (χ0v) is 20.5. The first-order valence-electron chi connectivity index (χ1n) is 11.4. The molecule has 1 fully saturated rings. The molecule has 37 heavy (non-hydrogen) atoms. The van der Waals surface area contributed by atoms with Gasteiger partial charge < -0.3 is 14.5 Å². The Balaban J connectivity index is 1.66. The number of likely N-dealkylation sites (tertiary alicyclic amines) is 1. The summed E-state index contributed by atoms with van der Waals surface area (Å²) in [6.07, 6.45) is -5.61. The van der Waals surface area contributed by atoms with Crippen LogP contribution in [0.25, 0.3) is 0 Å². The van der Waals surface area contributed by atoms with Gasteiger partial charge in [0.05, 0.1) is 12.5 Å². The van der Waals surface area contributed by atoms with Crippen LogP contribution in [0.1, 0.15) is 36.7 Å². The maximum absolute atomic E-state index is 13.3. The number of para-hydroxylation sites is 1. The van der Waals surface area contributed by atoms with Gasteiger partial charge in [-0.05, 0) is 50.6 Å². The Morgan fingerprint density at radius 2 is 1.54 bits per heavy atom. The third-order valence-corrected chi connectivity index (χ3v) is 5.32. The number of carbonyl (C=O) groups excluding carboxylic acids is 4. The number of alkyl halides is 3. The largest absolute Gasteiger partial charge is 0.472 e. The van der Waals surface area contributed by atoms with Crippen molar-refractivity contribution < 1.29 is 37.1 Å². The van der Waals surface area contributed by atoms with Gasteiger partial charge >= 0.3 is 18.2 Å². The number of amides is 4. The monoisotopic (exact) mass is 520 g/mol. The van der Waals surface area contributed by atoms with E-state index in [9.17, 15) is 32.3 Å². The lowest BCUT2D eigenvalue weighted by Gasteiger charge is -2.41. The fourth-order valence-corrected chi connectivity index (χ4v) is 3.44. The lowest BCUT2D eigenvalue weighted by Crippen LogP contribution is -2.57. The summed E-state index contributed by atoms with van der Waals surface area (Å²) in [5, 5.41) is 0. The summed E-state index contributed by atoms with van der Waals surface area (Å²) in [6, 6.07) is 14.8. The van der Waals surface area contributed by atoms with Gasteiger partial charge in [-0.1, -0.05) is 30.3 Å². The molecule has 4 amide bonds. The minimum absolute atomic E-state index is 0.0100. The molecular weight excluding hydrogens is 493 g/mol. The first-order valence-corrected chi connectivity index (χ1v) is 11.4. The normalized spacial score (nSPS) is 13.8. The highest BCUT2D eigenvalue weighted by Crippen LogP contribution is 2.26. The van der Waals surface area contributed by atoms with Crippen LogP contribution in [0.15, 0.2) is 54.6 Å². The number of hydrazine groups is 1. The average molecular weight is 521 g/mol. The SMILES string of the molecule is CC(C)(C)OC(=O)N1CC(C(=O)N(Cc2ccc(C(=O)NNC(=O)C(F)(F)F)cc2)c2ccccc2)C1. The van der Waals surface area contributed by atoms with Gasteiger partial charge in [0.1, 0.15) is 5.60 Å². The van der Waals surface area contributed by atoms with Crippen molar-refractivity contribution in [2.45, 2.75) is 39.1 Å². The van der Waals surface area contributed by atoms with Crippen molar-refractivity contribution in [2.24, 2.45) is 5.92 Å². The van der Waals surface area contributed by atoms with Gasteiger partial charge in [-0.25, -0.2) is 4.79 Å². The van der Waals surface area contributed by atoms with Crippen LogP contribution >= 0.6 is 0 Å². The van der Waals surface area contributed by atoms with Crippen LogP contribution in [-0.4, -0.2) is 53.6 Å². The van der Waals surface area contributed by atoms with E-state index in [2.05, 4.69) is 0 Å². The highest BCUT2D eigenvalue weighted by Gasteiger charge is 2.40. The van der Waals surface area contributed by atoms with Gasteiger partial charge in [-0.2, -0.15) is 13.2 Å². The number of hydrogen-bond donors (Lipinski definition) is 2. The molecule has 1 aliphatic heterocycles. The number of rotatable bonds is 5. The smallest absolute Gasteiger partial charge is 0.444 e.